The number of thiophene rings is 1. The zero-order valence-electron chi connectivity index (χ0n) is 12.0. The molecule has 0 saturated heterocycles. The van der Waals surface area contributed by atoms with E-state index in [9.17, 15) is 10.1 Å². The number of nitro benzene ring substituents is 1. The Balaban J connectivity index is 2.32. The maximum atomic E-state index is 10.9. The molecule has 5 nitrogen and oxygen atoms in total. The van der Waals surface area contributed by atoms with Gasteiger partial charge < -0.3 is 10.5 Å². The third-order valence-corrected chi connectivity index (χ3v) is 4.24. The van der Waals surface area contributed by atoms with Gasteiger partial charge >= 0.3 is 0 Å². The molecule has 112 valence electrons. The maximum Gasteiger partial charge on any atom is 0.273 e. The van der Waals surface area contributed by atoms with Crippen molar-refractivity contribution < 1.29 is 9.66 Å². The van der Waals surface area contributed by atoms with E-state index in [1.165, 1.54) is 12.1 Å². The van der Waals surface area contributed by atoms with Crippen LogP contribution in [-0.4, -0.2) is 11.5 Å². The molecule has 1 atom stereocenters. The van der Waals surface area contributed by atoms with E-state index < -0.39 is 4.92 Å². The molecule has 0 aliphatic carbocycles. The van der Waals surface area contributed by atoms with Crippen LogP contribution in [-0.2, 0) is 0 Å². The number of hydrogen-bond donors (Lipinski definition) is 1. The highest BCUT2D eigenvalue weighted by molar-refractivity contribution is 7.10. The zero-order valence-corrected chi connectivity index (χ0v) is 12.8. The highest BCUT2D eigenvalue weighted by Gasteiger charge is 2.32. The molecule has 1 aromatic carbocycles. The zero-order chi connectivity index (χ0) is 15.5. The van der Waals surface area contributed by atoms with Gasteiger partial charge in [0.05, 0.1) is 11.0 Å². The van der Waals surface area contributed by atoms with Crippen molar-refractivity contribution in [2.45, 2.75) is 20.0 Å². The summed E-state index contributed by atoms with van der Waals surface area (Å²) in [5.74, 6) is 0.476. The first-order valence-corrected chi connectivity index (χ1v) is 7.46. The lowest BCUT2D eigenvalue weighted by molar-refractivity contribution is -0.385. The molecule has 0 saturated carbocycles. The van der Waals surface area contributed by atoms with Crippen molar-refractivity contribution in [1.82, 2.24) is 0 Å². The highest BCUT2D eigenvalue weighted by Crippen LogP contribution is 2.39. The van der Waals surface area contributed by atoms with Crippen LogP contribution < -0.4 is 10.5 Å². The van der Waals surface area contributed by atoms with E-state index in [-0.39, 0.29) is 17.2 Å². The van der Waals surface area contributed by atoms with Crippen molar-refractivity contribution in [3.63, 3.8) is 0 Å². The second-order valence-electron chi connectivity index (χ2n) is 5.46. The fraction of sp³-hybridized carbons (Fsp3) is 0.333. The summed E-state index contributed by atoms with van der Waals surface area (Å²) in [5, 5.41) is 12.8. The number of benzene rings is 1. The van der Waals surface area contributed by atoms with E-state index in [4.69, 9.17) is 10.5 Å². The molecule has 0 spiro atoms. The Morgan fingerprint density at radius 1 is 1.38 bits per heavy atom. The van der Waals surface area contributed by atoms with Crippen LogP contribution in [0.5, 0.6) is 5.75 Å². The number of nitrogens with two attached hydrogens (primary N) is 1. The summed E-state index contributed by atoms with van der Waals surface area (Å²) in [5.41, 5.74) is 5.60. The summed E-state index contributed by atoms with van der Waals surface area (Å²) < 4.78 is 6.03. The van der Waals surface area contributed by atoms with Gasteiger partial charge in [0, 0.05) is 22.9 Å². The van der Waals surface area contributed by atoms with Gasteiger partial charge in [0.2, 0.25) is 0 Å². The molecular formula is C15H18N2O3S. The highest BCUT2D eigenvalue weighted by atomic mass is 32.1. The Morgan fingerprint density at radius 2 is 2.14 bits per heavy atom. The van der Waals surface area contributed by atoms with E-state index >= 15 is 0 Å². The van der Waals surface area contributed by atoms with Gasteiger partial charge in [0.25, 0.3) is 5.69 Å². The largest absolute Gasteiger partial charge is 0.484 e. The minimum atomic E-state index is -0.429. The van der Waals surface area contributed by atoms with Crippen molar-refractivity contribution in [2.24, 2.45) is 11.1 Å². The quantitative estimate of drug-likeness (QED) is 0.651. The number of rotatable bonds is 6. The number of non-ortho nitro benzene ring substituents is 1. The average Bonchev–Trinajstić information content (AvgIpc) is 2.98. The lowest BCUT2D eigenvalue weighted by Gasteiger charge is -2.32. The fourth-order valence-corrected chi connectivity index (χ4v) is 2.92. The van der Waals surface area contributed by atoms with Crippen LogP contribution in [0.25, 0.3) is 0 Å². The Bertz CT molecular complexity index is 611. The van der Waals surface area contributed by atoms with Gasteiger partial charge in [0.1, 0.15) is 11.9 Å². The third kappa shape index (κ3) is 3.59. The van der Waals surface area contributed by atoms with E-state index in [2.05, 4.69) is 0 Å². The van der Waals surface area contributed by atoms with Crippen molar-refractivity contribution in [3.8, 4) is 5.75 Å². The number of hydrogen-bond acceptors (Lipinski definition) is 5. The Hall–Kier alpha value is -1.92. The van der Waals surface area contributed by atoms with Gasteiger partial charge in [-0.25, -0.2) is 0 Å². The predicted octanol–water partition coefficient (Wildman–Crippen LogP) is 3.76. The molecule has 2 aromatic rings. The van der Waals surface area contributed by atoms with Crippen molar-refractivity contribution in [3.05, 3.63) is 56.8 Å². The second kappa shape index (κ2) is 6.24. The van der Waals surface area contributed by atoms with E-state index in [1.54, 1.807) is 23.5 Å². The molecular weight excluding hydrogens is 288 g/mol. The summed E-state index contributed by atoms with van der Waals surface area (Å²) in [4.78, 5) is 11.5. The van der Waals surface area contributed by atoms with Crippen molar-refractivity contribution >= 4 is 17.0 Å². The van der Waals surface area contributed by atoms with Crippen LogP contribution in [0.2, 0.25) is 0 Å². The number of nitrogens with zero attached hydrogens (tertiary/aromatic N) is 1. The summed E-state index contributed by atoms with van der Waals surface area (Å²) in [6.07, 6.45) is -0.246. The smallest absolute Gasteiger partial charge is 0.273 e. The van der Waals surface area contributed by atoms with Crippen LogP contribution >= 0.6 is 11.3 Å². The van der Waals surface area contributed by atoms with E-state index in [0.29, 0.717) is 12.3 Å². The summed E-state index contributed by atoms with van der Waals surface area (Å²) >= 11 is 1.59. The van der Waals surface area contributed by atoms with Gasteiger partial charge in [-0.05, 0) is 17.5 Å². The lowest BCUT2D eigenvalue weighted by Crippen LogP contribution is -2.33. The van der Waals surface area contributed by atoms with Crippen LogP contribution in [0.3, 0.4) is 0 Å². The topological polar surface area (TPSA) is 78.4 Å². The van der Waals surface area contributed by atoms with Crippen molar-refractivity contribution in [1.29, 1.82) is 0 Å². The number of nitro groups is 1. The van der Waals surface area contributed by atoms with Crippen LogP contribution in [0.15, 0.2) is 41.8 Å². The van der Waals surface area contributed by atoms with E-state index in [0.717, 1.165) is 4.88 Å². The minimum absolute atomic E-state index is 0.0167. The molecule has 0 aliphatic rings. The average molecular weight is 306 g/mol. The molecule has 0 fully saturated rings. The van der Waals surface area contributed by atoms with Gasteiger partial charge in [-0.3, -0.25) is 10.1 Å². The van der Waals surface area contributed by atoms with Gasteiger partial charge in [0.15, 0.2) is 0 Å². The monoisotopic (exact) mass is 306 g/mol. The van der Waals surface area contributed by atoms with Gasteiger partial charge in [-0.2, -0.15) is 0 Å². The molecule has 21 heavy (non-hydrogen) atoms. The first-order valence-electron chi connectivity index (χ1n) is 6.58. The van der Waals surface area contributed by atoms with Crippen LogP contribution in [0.4, 0.5) is 5.69 Å². The third-order valence-electron chi connectivity index (χ3n) is 3.32. The molecule has 0 amide bonds. The molecule has 2 rings (SSSR count). The first kappa shape index (κ1) is 15.5. The maximum absolute atomic E-state index is 10.9. The summed E-state index contributed by atoms with van der Waals surface area (Å²) in [6.45, 7) is 4.49. The second-order valence-corrected chi connectivity index (χ2v) is 6.44. The molecule has 6 heteroatoms. The molecule has 0 bridgehead atoms. The summed E-state index contributed by atoms with van der Waals surface area (Å²) in [6, 6.07) is 10.2. The Morgan fingerprint density at radius 3 is 2.71 bits per heavy atom. The summed E-state index contributed by atoms with van der Waals surface area (Å²) in [7, 11) is 0. The van der Waals surface area contributed by atoms with Gasteiger partial charge in [-0.15, -0.1) is 11.3 Å². The molecule has 1 aromatic heterocycles. The normalized spacial score (nSPS) is 12.9. The SMILES string of the molecule is CC(C)(CN)C(Oc1cccc([N+](=O)[O-])c1)c1cccs1. The van der Waals surface area contributed by atoms with Crippen molar-refractivity contribution in [2.75, 3.05) is 6.54 Å². The fourth-order valence-electron chi connectivity index (χ4n) is 1.96. The molecule has 1 unspecified atom stereocenters. The Labute approximate surface area is 127 Å². The lowest BCUT2D eigenvalue weighted by atomic mass is 9.85. The van der Waals surface area contributed by atoms with Crippen LogP contribution in [0.1, 0.15) is 24.8 Å². The molecule has 0 aliphatic heterocycles. The number of ether oxygens (including phenoxy) is 1. The Kier molecular flexibility index (Phi) is 4.59. The first-order chi connectivity index (χ1) is 9.94. The predicted molar refractivity (Wildman–Crippen MR) is 83.6 cm³/mol. The molecule has 1 heterocycles. The molecule has 2 N–H and O–H groups in total. The minimum Gasteiger partial charge on any atom is -0.484 e. The van der Waals surface area contributed by atoms with Gasteiger partial charge in [-0.1, -0.05) is 26.0 Å². The molecule has 0 radical (unpaired) electrons. The van der Waals surface area contributed by atoms with E-state index in [1.807, 2.05) is 31.4 Å². The van der Waals surface area contributed by atoms with Crippen LogP contribution in [0, 0.1) is 15.5 Å². The standard InChI is InChI=1S/C15H18N2O3S/c1-15(2,10-16)14(13-7-4-8-21-13)20-12-6-3-5-11(9-12)17(18)19/h3-9,14H,10,16H2,1-2H3.